The zero-order chi connectivity index (χ0) is 18.4. The number of amides is 1. The molecule has 2 aromatic heterocycles. The highest BCUT2D eigenvalue weighted by molar-refractivity contribution is 5.95. The summed E-state index contributed by atoms with van der Waals surface area (Å²) in [7, 11) is 1.72. The van der Waals surface area contributed by atoms with Crippen molar-refractivity contribution in [2.24, 2.45) is 5.41 Å². The molecule has 26 heavy (non-hydrogen) atoms. The molecule has 1 fully saturated rings. The number of carbonyl (C=O) groups excluding carboxylic acids is 1. The SMILES string of the molecule is CCc1c(C(=O)NCC2(COC)CCNCC2)cnn1-c1ccccn1. The number of piperidine rings is 1. The first kappa shape index (κ1) is 18.5. The summed E-state index contributed by atoms with van der Waals surface area (Å²) >= 11 is 0. The van der Waals surface area contributed by atoms with Crippen molar-refractivity contribution in [3.63, 3.8) is 0 Å². The smallest absolute Gasteiger partial charge is 0.254 e. The zero-order valence-electron chi connectivity index (χ0n) is 15.5. The maximum Gasteiger partial charge on any atom is 0.254 e. The minimum absolute atomic E-state index is 0.000974. The van der Waals surface area contributed by atoms with E-state index >= 15 is 0 Å². The fourth-order valence-electron chi connectivity index (χ4n) is 3.58. The molecule has 3 rings (SSSR count). The van der Waals surface area contributed by atoms with E-state index in [0.29, 0.717) is 25.1 Å². The molecule has 0 unspecified atom stereocenters. The molecular formula is C19H27N5O2. The fourth-order valence-corrected chi connectivity index (χ4v) is 3.58. The molecule has 3 heterocycles. The summed E-state index contributed by atoms with van der Waals surface area (Å²) in [5, 5.41) is 10.9. The molecule has 0 saturated carbocycles. The monoisotopic (exact) mass is 357 g/mol. The van der Waals surface area contributed by atoms with Gasteiger partial charge in [0.1, 0.15) is 0 Å². The summed E-state index contributed by atoms with van der Waals surface area (Å²) in [4.78, 5) is 17.1. The van der Waals surface area contributed by atoms with Crippen molar-refractivity contribution in [1.29, 1.82) is 0 Å². The molecule has 0 aromatic carbocycles. The largest absolute Gasteiger partial charge is 0.384 e. The second kappa shape index (κ2) is 8.42. The summed E-state index contributed by atoms with van der Waals surface area (Å²) in [5.74, 6) is 0.635. The lowest BCUT2D eigenvalue weighted by Crippen LogP contribution is -2.47. The number of carbonyl (C=O) groups is 1. The summed E-state index contributed by atoms with van der Waals surface area (Å²) in [6.07, 6.45) is 6.05. The fraction of sp³-hybridized carbons (Fsp3) is 0.526. The molecule has 140 valence electrons. The molecule has 0 bridgehead atoms. The van der Waals surface area contributed by atoms with E-state index in [-0.39, 0.29) is 11.3 Å². The standard InChI is InChI=1S/C19H27N5O2/c1-3-16-15(12-23-24(16)17-6-4-5-9-21-17)18(25)22-13-19(14-26-2)7-10-20-11-8-19/h4-6,9,12,20H,3,7-8,10-11,13-14H2,1-2H3,(H,22,25). The number of pyridine rings is 1. The van der Waals surface area contributed by atoms with Crippen LogP contribution in [0.4, 0.5) is 0 Å². The van der Waals surface area contributed by atoms with Crippen LogP contribution < -0.4 is 10.6 Å². The van der Waals surface area contributed by atoms with Crippen LogP contribution in [-0.2, 0) is 11.2 Å². The highest BCUT2D eigenvalue weighted by Crippen LogP contribution is 2.28. The summed E-state index contributed by atoms with van der Waals surface area (Å²) in [5.41, 5.74) is 1.48. The Morgan fingerprint density at radius 2 is 2.19 bits per heavy atom. The number of ether oxygens (including phenoxy) is 1. The topological polar surface area (TPSA) is 81.1 Å². The van der Waals surface area contributed by atoms with Gasteiger partial charge in [-0.3, -0.25) is 4.79 Å². The van der Waals surface area contributed by atoms with Crippen LogP contribution in [0, 0.1) is 5.41 Å². The maximum atomic E-state index is 12.8. The average molecular weight is 357 g/mol. The number of hydrogen-bond acceptors (Lipinski definition) is 5. The van der Waals surface area contributed by atoms with E-state index in [9.17, 15) is 4.79 Å². The number of nitrogens with zero attached hydrogens (tertiary/aromatic N) is 3. The average Bonchev–Trinajstić information content (AvgIpc) is 3.12. The highest BCUT2D eigenvalue weighted by Gasteiger charge is 2.33. The van der Waals surface area contributed by atoms with Gasteiger partial charge in [-0.25, -0.2) is 9.67 Å². The number of nitrogens with one attached hydrogen (secondary N) is 2. The third-order valence-corrected chi connectivity index (χ3v) is 5.05. The number of hydrogen-bond donors (Lipinski definition) is 2. The summed E-state index contributed by atoms with van der Waals surface area (Å²) < 4.78 is 7.17. The van der Waals surface area contributed by atoms with Gasteiger partial charge in [0, 0.05) is 25.3 Å². The van der Waals surface area contributed by atoms with Crippen molar-refractivity contribution < 1.29 is 9.53 Å². The molecule has 0 atom stereocenters. The Morgan fingerprint density at radius 1 is 1.38 bits per heavy atom. The molecule has 2 aromatic rings. The van der Waals surface area contributed by atoms with Crippen LogP contribution in [0.5, 0.6) is 0 Å². The van der Waals surface area contributed by atoms with Gasteiger partial charge < -0.3 is 15.4 Å². The normalized spacial score (nSPS) is 16.4. The highest BCUT2D eigenvalue weighted by atomic mass is 16.5. The third kappa shape index (κ3) is 3.94. The quantitative estimate of drug-likeness (QED) is 0.786. The van der Waals surface area contributed by atoms with Gasteiger partial charge in [-0.05, 0) is 44.5 Å². The van der Waals surface area contributed by atoms with E-state index in [0.717, 1.165) is 37.4 Å². The van der Waals surface area contributed by atoms with Gasteiger partial charge in [-0.1, -0.05) is 13.0 Å². The van der Waals surface area contributed by atoms with Crippen LogP contribution in [0.2, 0.25) is 0 Å². The lowest BCUT2D eigenvalue weighted by atomic mass is 9.79. The minimum Gasteiger partial charge on any atom is -0.384 e. The third-order valence-electron chi connectivity index (χ3n) is 5.05. The molecular weight excluding hydrogens is 330 g/mol. The van der Waals surface area contributed by atoms with Crippen LogP contribution in [0.3, 0.4) is 0 Å². The van der Waals surface area contributed by atoms with Gasteiger partial charge in [0.2, 0.25) is 0 Å². The summed E-state index contributed by atoms with van der Waals surface area (Å²) in [6.45, 7) is 5.20. The Hall–Kier alpha value is -2.25. The second-order valence-corrected chi connectivity index (χ2v) is 6.82. The molecule has 1 aliphatic heterocycles. The van der Waals surface area contributed by atoms with Crippen LogP contribution in [0.1, 0.15) is 35.8 Å². The molecule has 2 N–H and O–H groups in total. The van der Waals surface area contributed by atoms with Gasteiger partial charge in [0.15, 0.2) is 5.82 Å². The molecule has 1 saturated heterocycles. The zero-order valence-corrected chi connectivity index (χ0v) is 15.5. The van der Waals surface area contributed by atoms with Gasteiger partial charge in [-0.2, -0.15) is 5.10 Å². The lowest BCUT2D eigenvalue weighted by molar-refractivity contribution is 0.0511. The van der Waals surface area contributed by atoms with E-state index < -0.39 is 0 Å². The van der Waals surface area contributed by atoms with Crippen molar-refractivity contribution in [2.45, 2.75) is 26.2 Å². The molecule has 7 nitrogen and oxygen atoms in total. The van der Waals surface area contributed by atoms with E-state index in [1.165, 1.54) is 0 Å². The maximum absolute atomic E-state index is 12.8. The number of methoxy groups -OCH3 is 1. The van der Waals surface area contributed by atoms with Gasteiger partial charge in [0.25, 0.3) is 5.91 Å². The molecule has 1 amide bonds. The predicted molar refractivity (Wildman–Crippen MR) is 99.5 cm³/mol. The predicted octanol–water partition coefficient (Wildman–Crippen LogP) is 1.58. The van der Waals surface area contributed by atoms with E-state index in [1.54, 1.807) is 24.2 Å². The van der Waals surface area contributed by atoms with E-state index in [4.69, 9.17) is 4.74 Å². The molecule has 0 aliphatic carbocycles. The molecule has 0 spiro atoms. The van der Waals surface area contributed by atoms with Crippen molar-refractivity contribution in [2.75, 3.05) is 33.4 Å². The van der Waals surface area contributed by atoms with Crippen molar-refractivity contribution in [3.8, 4) is 5.82 Å². The number of rotatable bonds is 7. The van der Waals surface area contributed by atoms with Crippen LogP contribution >= 0.6 is 0 Å². The Labute approximate surface area is 154 Å². The Kier molecular flexibility index (Phi) is 6.00. The lowest BCUT2D eigenvalue weighted by Gasteiger charge is -2.37. The number of aromatic nitrogens is 3. The van der Waals surface area contributed by atoms with Gasteiger partial charge >= 0.3 is 0 Å². The Morgan fingerprint density at radius 3 is 2.85 bits per heavy atom. The van der Waals surface area contributed by atoms with Crippen molar-refractivity contribution in [1.82, 2.24) is 25.4 Å². The van der Waals surface area contributed by atoms with Crippen molar-refractivity contribution >= 4 is 5.91 Å². The Bertz CT molecular complexity index is 717. The van der Waals surface area contributed by atoms with Crippen LogP contribution in [-0.4, -0.2) is 54.0 Å². The molecule has 1 aliphatic rings. The van der Waals surface area contributed by atoms with Crippen molar-refractivity contribution in [3.05, 3.63) is 41.9 Å². The summed E-state index contributed by atoms with van der Waals surface area (Å²) in [6, 6.07) is 5.66. The van der Waals surface area contributed by atoms with Crippen LogP contribution in [0.15, 0.2) is 30.6 Å². The molecule has 7 heteroatoms. The first-order chi connectivity index (χ1) is 12.7. The van der Waals surface area contributed by atoms with Gasteiger partial charge in [-0.15, -0.1) is 0 Å². The first-order valence-corrected chi connectivity index (χ1v) is 9.15. The molecule has 0 radical (unpaired) electrons. The van der Waals surface area contributed by atoms with E-state index in [2.05, 4.69) is 20.7 Å². The minimum atomic E-state index is -0.0851. The van der Waals surface area contributed by atoms with E-state index in [1.807, 2.05) is 25.1 Å². The first-order valence-electron chi connectivity index (χ1n) is 9.15. The second-order valence-electron chi connectivity index (χ2n) is 6.82. The van der Waals surface area contributed by atoms with Gasteiger partial charge in [0.05, 0.1) is 24.1 Å². The Balaban J connectivity index is 1.75. The van der Waals surface area contributed by atoms with Crippen LogP contribution in [0.25, 0.3) is 5.82 Å².